The molecule has 0 bridgehead atoms. The van der Waals surface area contributed by atoms with Crippen LogP contribution >= 0.6 is 0 Å². The van der Waals surface area contributed by atoms with Gasteiger partial charge in [0.25, 0.3) is 11.8 Å². The third-order valence-electron chi connectivity index (χ3n) is 3.70. The van der Waals surface area contributed by atoms with E-state index in [1.54, 1.807) is 30.3 Å². The zero-order chi connectivity index (χ0) is 19.8. The number of hydrogen-bond donors (Lipinski definition) is 3. The van der Waals surface area contributed by atoms with Gasteiger partial charge in [0.05, 0.1) is 0 Å². The van der Waals surface area contributed by atoms with Crippen molar-refractivity contribution in [2.75, 3.05) is 17.2 Å². The number of amides is 3. The van der Waals surface area contributed by atoms with Crippen LogP contribution in [0.5, 0.6) is 0 Å². The van der Waals surface area contributed by atoms with Crippen molar-refractivity contribution in [3.8, 4) is 0 Å². The first-order chi connectivity index (χ1) is 12.8. The third-order valence-corrected chi connectivity index (χ3v) is 3.70. The second-order valence-electron chi connectivity index (χ2n) is 6.58. The molecule has 1 heterocycles. The summed E-state index contributed by atoms with van der Waals surface area (Å²) in [5.41, 5.74) is 1.61. The number of anilines is 2. The van der Waals surface area contributed by atoms with E-state index in [1.807, 2.05) is 0 Å². The van der Waals surface area contributed by atoms with E-state index in [9.17, 15) is 14.4 Å². The van der Waals surface area contributed by atoms with Gasteiger partial charge in [0.15, 0.2) is 0 Å². The van der Waals surface area contributed by atoms with Gasteiger partial charge in [-0.1, -0.05) is 19.9 Å². The number of hydrogen-bond acceptors (Lipinski definition) is 4. The van der Waals surface area contributed by atoms with Crippen molar-refractivity contribution < 1.29 is 14.4 Å². The molecule has 1 aromatic carbocycles. The van der Waals surface area contributed by atoms with Crippen molar-refractivity contribution in [2.24, 2.45) is 5.92 Å². The van der Waals surface area contributed by atoms with E-state index in [0.29, 0.717) is 29.4 Å². The summed E-state index contributed by atoms with van der Waals surface area (Å²) < 4.78 is 0. The minimum absolute atomic E-state index is 0.136. The third kappa shape index (κ3) is 6.54. The van der Waals surface area contributed by atoms with Crippen LogP contribution in [0.3, 0.4) is 0 Å². The average Bonchev–Trinajstić information content (AvgIpc) is 2.61. The van der Waals surface area contributed by atoms with Crippen LogP contribution in [-0.2, 0) is 4.79 Å². The Morgan fingerprint density at radius 1 is 1.00 bits per heavy atom. The molecule has 0 spiro atoms. The molecule has 0 saturated carbocycles. The summed E-state index contributed by atoms with van der Waals surface area (Å²) >= 11 is 0. The standard InChI is InChI=1S/C20H24N4O3/c1-13(2)7-9-22-19(26)15-8-10-21-18(11-15)20(27)24-17-6-4-5-16(12-17)23-14(3)25/h4-6,8,10-13H,7,9H2,1-3H3,(H,22,26)(H,23,25)(H,24,27). The van der Waals surface area contributed by atoms with Crippen LogP contribution in [0.25, 0.3) is 0 Å². The summed E-state index contributed by atoms with van der Waals surface area (Å²) in [7, 11) is 0. The van der Waals surface area contributed by atoms with Gasteiger partial charge in [-0.2, -0.15) is 0 Å². The lowest BCUT2D eigenvalue weighted by atomic mass is 10.1. The van der Waals surface area contributed by atoms with Crippen molar-refractivity contribution in [3.63, 3.8) is 0 Å². The van der Waals surface area contributed by atoms with Crippen molar-refractivity contribution in [1.82, 2.24) is 10.3 Å². The molecule has 0 aliphatic rings. The summed E-state index contributed by atoms with van der Waals surface area (Å²) in [5, 5.41) is 8.20. The lowest BCUT2D eigenvalue weighted by molar-refractivity contribution is -0.114. The number of pyridine rings is 1. The minimum atomic E-state index is -0.438. The largest absolute Gasteiger partial charge is 0.352 e. The van der Waals surface area contributed by atoms with Gasteiger partial charge >= 0.3 is 0 Å². The zero-order valence-electron chi connectivity index (χ0n) is 15.7. The maximum atomic E-state index is 12.4. The van der Waals surface area contributed by atoms with E-state index in [1.165, 1.54) is 19.2 Å². The monoisotopic (exact) mass is 368 g/mol. The van der Waals surface area contributed by atoms with Crippen LogP contribution in [0.1, 0.15) is 48.0 Å². The Balaban J connectivity index is 2.04. The Morgan fingerprint density at radius 3 is 2.37 bits per heavy atom. The Bertz CT molecular complexity index is 833. The van der Waals surface area contributed by atoms with Gasteiger partial charge in [0.1, 0.15) is 5.69 Å². The fraction of sp³-hybridized carbons (Fsp3) is 0.300. The molecule has 0 unspecified atom stereocenters. The van der Waals surface area contributed by atoms with Crippen molar-refractivity contribution in [3.05, 3.63) is 53.9 Å². The highest BCUT2D eigenvalue weighted by Crippen LogP contribution is 2.16. The van der Waals surface area contributed by atoms with Crippen LogP contribution < -0.4 is 16.0 Å². The molecule has 2 rings (SSSR count). The number of nitrogens with zero attached hydrogens (tertiary/aromatic N) is 1. The van der Waals surface area contributed by atoms with Crippen LogP contribution in [-0.4, -0.2) is 29.3 Å². The summed E-state index contributed by atoms with van der Waals surface area (Å²) in [6.45, 7) is 6.16. The minimum Gasteiger partial charge on any atom is -0.352 e. The summed E-state index contributed by atoms with van der Waals surface area (Å²) in [6, 6.07) is 9.80. The normalized spacial score (nSPS) is 10.4. The predicted octanol–water partition coefficient (Wildman–Crippen LogP) is 3.07. The predicted molar refractivity (Wildman–Crippen MR) is 105 cm³/mol. The molecular weight excluding hydrogens is 344 g/mol. The first-order valence-corrected chi connectivity index (χ1v) is 8.78. The molecule has 1 aromatic heterocycles. The average molecular weight is 368 g/mol. The number of rotatable bonds is 7. The number of nitrogens with one attached hydrogen (secondary N) is 3. The number of carbonyl (C=O) groups is 3. The van der Waals surface area contributed by atoms with Gasteiger partial charge in [-0.3, -0.25) is 19.4 Å². The van der Waals surface area contributed by atoms with E-state index in [-0.39, 0.29) is 17.5 Å². The molecule has 0 radical (unpaired) electrons. The van der Waals surface area contributed by atoms with Gasteiger partial charge in [0.2, 0.25) is 5.91 Å². The molecule has 7 heteroatoms. The van der Waals surface area contributed by atoms with Crippen molar-refractivity contribution in [1.29, 1.82) is 0 Å². The zero-order valence-corrected chi connectivity index (χ0v) is 15.7. The molecule has 7 nitrogen and oxygen atoms in total. The molecule has 0 fully saturated rings. The van der Waals surface area contributed by atoms with E-state index in [4.69, 9.17) is 0 Å². The van der Waals surface area contributed by atoms with E-state index < -0.39 is 5.91 Å². The van der Waals surface area contributed by atoms with Crippen LogP contribution in [0.4, 0.5) is 11.4 Å². The molecule has 0 aliphatic heterocycles. The Morgan fingerprint density at radius 2 is 1.70 bits per heavy atom. The first kappa shape index (κ1) is 20.1. The van der Waals surface area contributed by atoms with Crippen LogP contribution in [0, 0.1) is 5.92 Å². The lowest BCUT2D eigenvalue weighted by Crippen LogP contribution is -2.26. The van der Waals surface area contributed by atoms with Crippen LogP contribution in [0.2, 0.25) is 0 Å². The van der Waals surface area contributed by atoms with E-state index in [0.717, 1.165) is 6.42 Å². The maximum Gasteiger partial charge on any atom is 0.274 e. The SMILES string of the molecule is CC(=O)Nc1cccc(NC(=O)c2cc(C(=O)NCCC(C)C)ccn2)c1. The quantitative estimate of drug-likeness (QED) is 0.699. The highest BCUT2D eigenvalue weighted by molar-refractivity contribution is 6.05. The molecule has 142 valence electrons. The van der Waals surface area contributed by atoms with Gasteiger partial charge < -0.3 is 16.0 Å². The molecule has 0 atom stereocenters. The molecular formula is C20H24N4O3. The second-order valence-corrected chi connectivity index (χ2v) is 6.58. The van der Waals surface area contributed by atoms with Crippen molar-refractivity contribution in [2.45, 2.75) is 27.2 Å². The fourth-order valence-corrected chi connectivity index (χ4v) is 2.35. The Labute approximate surface area is 158 Å². The lowest BCUT2D eigenvalue weighted by Gasteiger charge is -2.09. The molecule has 3 amide bonds. The van der Waals surface area contributed by atoms with E-state index in [2.05, 4.69) is 34.8 Å². The second kappa shape index (κ2) is 9.47. The molecule has 27 heavy (non-hydrogen) atoms. The highest BCUT2D eigenvalue weighted by Gasteiger charge is 2.12. The Kier molecular flexibility index (Phi) is 7.05. The van der Waals surface area contributed by atoms with Crippen LogP contribution in [0.15, 0.2) is 42.6 Å². The number of carbonyl (C=O) groups excluding carboxylic acids is 3. The van der Waals surface area contributed by atoms with E-state index >= 15 is 0 Å². The first-order valence-electron chi connectivity index (χ1n) is 8.78. The molecule has 3 N–H and O–H groups in total. The van der Waals surface area contributed by atoms with Crippen molar-refractivity contribution >= 4 is 29.1 Å². The van der Waals surface area contributed by atoms with Gasteiger partial charge in [-0.05, 0) is 42.7 Å². The Hall–Kier alpha value is -3.22. The molecule has 2 aromatic rings. The fourth-order valence-electron chi connectivity index (χ4n) is 2.35. The number of aromatic nitrogens is 1. The summed E-state index contributed by atoms with van der Waals surface area (Å²) in [5.74, 6) is -0.375. The van der Waals surface area contributed by atoms with Gasteiger partial charge in [0, 0.05) is 36.6 Å². The molecule has 0 aliphatic carbocycles. The van der Waals surface area contributed by atoms with Gasteiger partial charge in [-0.25, -0.2) is 0 Å². The molecule has 0 saturated heterocycles. The topological polar surface area (TPSA) is 100 Å². The smallest absolute Gasteiger partial charge is 0.274 e. The summed E-state index contributed by atoms with van der Waals surface area (Å²) in [6.07, 6.45) is 2.31. The van der Waals surface area contributed by atoms with Gasteiger partial charge in [-0.15, -0.1) is 0 Å². The summed E-state index contributed by atoms with van der Waals surface area (Å²) in [4.78, 5) is 39.8. The highest BCUT2D eigenvalue weighted by atomic mass is 16.2. The number of benzene rings is 1. The maximum absolute atomic E-state index is 12.4.